The van der Waals surface area contributed by atoms with E-state index in [-0.39, 0.29) is 18.5 Å². The summed E-state index contributed by atoms with van der Waals surface area (Å²) >= 11 is 0. The Hall–Kier alpha value is -3.32. The van der Waals surface area contributed by atoms with Crippen molar-refractivity contribution in [1.82, 2.24) is 9.97 Å². The number of carboxylic acids is 1. The number of rotatable bonds is 9. The Balaban J connectivity index is 2.25. The van der Waals surface area contributed by atoms with Crippen LogP contribution in [0.25, 0.3) is 0 Å². The van der Waals surface area contributed by atoms with E-state index in [1.807, 2.05) is 19.9 Å². The second kappa shape index (κ2) is 9.87. The minimum atomic E-state index is -1.58. The molecule has 0 bridgehead atoms. The Labute approximate surface area is 187 Å². The first-order chi connectivity index (χ1) is 15.2. The highest BCUT2D eigenvalue weighted by Gasteiger charge is 2.50. The van der Waals surface area contributed by atoms with Gasteiger partial charge in [0.15, 0.2) is 5.60 Å². The van der Waals surface area contributed by atoms with Gasteiger partial charge in [0.05, 0.1) is 6.61 Å². The van der Waals surface area contributed by atoms with Gasteiger partial charge in [0, 0.05) is 11.4 Å². The molecule has 1 N–H and O–H groups in total. The first-order valence-corrected chi connectivity index (χ1v) is 10.4. The third-order valence-electron chi connectivity index (χ3n) is 4.90. The van der Waals surface area contributed by atoms with Crippen molar-refractivity contribution in [2.75, 3.05) is 6.61 Å². The summed E-state index contributed by atoms with van der Waals surface area (Å²) in [5, 5.41) is 10.3. The van der Waals surface area contributed by atoms with E-state index in [0.29, 0.717) is 22.5 Å². The number of carbonyl (C=O) groups is 1. The third kappa shape index (κ3) is 5.11. The first-order valence-electron chi connectivity index (χ1n) is 10.4. The van der Waals surface area contributed by atoms with E-state index >= 15 is 0 Å². The molecule has 0 radical (unpaired) electrons. The van der Waals surface area contributed by atoms with Gasteiger partial charge in [-0.05, 0) is 49.1 Å². The molecule has 2 aromatic carbocycles. The first kappa shape index (κ1) is 23.3. The summed E-state index contributed by atoms with van der Waals surface area (Å²) in [6.45, 7) is 7.72. The van der Waals surface area contributed by atoms with E-state index in [1.54, 1.807) is 44.2 Å². The second-order valence-electron chi connectivity index (χ2n) is 8.08. The van der Waals surface area contributed by atoms with E-state index in [9.17, 15) is 14.3 Å². The summed E-state index contributed by atoms with van der Waals surface area (Å²) in [5.41, 5.74) is 0.719. The Morgan fingerprint density at radius 2 is 1.56 bits per heavy atom. The summed E-state index contributed by atoms with van der Waals surface area (Å²) in [5.74, 6) is -1.60. The maximum absolute atomic E-state index is 13.8. The van der Waals surface area contributed by atoms with E-state index < -0.39 is 23.5 Å². The standard InChI is InChI=1S/C25H27FN2O4/c1-16(2)15-31-25(19-8-6-5-7-9-19,20-10-12-21(26)13-11-20)22(23(29)30)32-24-27-17(3)14-18(4)28-24/h5-14,16,22H,15H2,1-4H3,(H,29,30)/t22-,25+/m1/s1. The van der Waals surface area contributed by atoms with Crippen molar-refractivity contribution in [1.29, 1.82) is 0 Å². The number of halogens is 1. The van der Waals surface area contributed by atoms with Gasteiger partial charge >= 0.3 is 12.0 Å². The predicted molar refractivity (Wildman–Crippen MR) is 118 cm³/mol. The van der Waals surface area contributed by atoms with Crippen LogP contribution < -0.4 is 4.74 Å². The van der Waals surface area contributed by atoms with Gasteiger partial charge in [-0.25, -0.2) is 19.2 Å². The Morgan fingerprint density at radius 1 is 1.00 bits per heavy atom. The molecule has 0 aliphatic carbocycles. The number of hydrogen-bond acceptors (Lipinski definition) is 5. The van der Waals surface area contributed by atoms with Gasteiger partial charge in [-0.2, -0.15) is 0 Å². The van der Waals surface area contributed by atoms with Gasteiger partial charge in [-0.15, -0.1) is 0 Å². The highest BCUT2D eigenvalue weighted by atomic mass is 19.1. The van der Waals surface area contributed by atoms with Gasteiger partial charge in [0.1, 0.15) is 5.82 Å². The van der Waals surface area contributed by atoms with Crippen molar-refractivity contribution in [3.63, 3.8) is 0 Å². The molecule has 0 amide bonds. The molecule has 0 aliphatic rings. The van der Waals surface area contributed by atoms with Crippen molar-refractivity contribution in [3.05, 3.63) is 89.0 Å². The molecule has 0 aliphatic heterocycles. The van der Waals surface area contributed by atoms with Crippen LogP contribution in [-0.4, -0.2) is 33.8 Å². The van der Waals surface area contributed by atoms with Crippen LogP contribution in [0, 0.1) is 25.6 Å². The lowest BCUT2D eigenvalue weighted by Crippen LogP contribution is -2.51. The predicted octanol–water partition coefficient (Wildman–Crippen LogP) is 4.68. The number of aliphatic carboxylic acids is 1. The molecule has 1 aromatic heterocycles. The van der Waals surface area contributed by atoms with Crippen molar-refractivity contribution in [3.8, 4) is 6.01 Å². The lowest BCUT2D eigenvalue weighted by Gasteiger charge is -2.39. The summed E-state index contributed by atoms with van der Waals surface area (Å²) < 4.78 is 26.1. The lowest BCUT2D eigenvalue weighted by molar-refractivity contribution is -0.165. The Morgan fingerprint density at radius 3 is 2.09 bits per heavy atom. The van der Waals surface area contributed by atoms with Gasteiger partial charge in [0.2, 0.25) is 6.10 Å². The summed E-state index contributed by atoms with van der Waals surface area (Å²) in [6, 6.07) is 16.2. The quantitative estimate of drug-likeness (QED) is 0.522. The fourth-order valence-electron chi connectivity index (χ4n) is 3.55. The van der Waals surface area contributed by atoms with Gasteiger partial charge < -0.3 is 14.6 Å². The average Bonchev–Trinajstić information content (AvgIpc) is 2.74. The smallest absolute Gasteiger partial charge is 0.348 e. The van der Waals surface area contributed by atoms with E-state index in [4.69, 9.17) is 9.47 Å². The summed E-state index contributed by atoms with van der Waals surface area (Å²) in [4.78, 5) is 21.2. The molecule has 6 nitrogen and oxygen atoms in total. The van der Waals surface area contributed by atoms with Crippen LogP contribution >= 0.6 is 0 Å². The normalized spacial score (nSPS) is 14.1. The van der Waals surface area contributed by atoms with Crippen LogP contribution in [-0.2, 0) is 15.1 Å². The summed E-state index contributed by atoms with van der Waals surface area (Å²) in [7, 11) is 0. The molecule has 2 atom stereocenters. The van der Waals surface area contributed by atoms with Crippen LogP contribution in [0.2, 0.25) is 0 Å². The molecule has 3 rings (SSSR count). The Kier molecular flexibility index (Phi) is 7.20. The molecule has 3 aromatic rings. The number of nitrogens with zero attached hydrogens (tertiary/aromatic N) is 2. The fraction of sp³-hybridized carbons (Fsp3) is 0.320. The zero-order chi connectivity index (χ0) is 23.3. The molecule has 0 saturated carbocycles. The molecule has 7 heteroatoms. The largest absolute Gasteiger partial charge is 0.478 e. The van der Waals surface area contributed by atoms with Crippen molar-refractivity contribution in [2.45, 2.75) is 39.4 Å². The molecule has 1 heterocycles. The maximum Gasteiger partial charge on any atom is 0.348 e. The minimum absolute atomic E-state index is 0.0644. The minimum Gasteiger partial charge on any atom is -0.478 e. The highest BCUT2D eigenvalue weighted by molar-refractivity contribution is 5.76. The van der Waals surface area contributed by atoms with Crippen LogP contribution in [0.4, 0.5) is 4.39 Å². The van der Waals surface area contributed by atoms with E-state index in [2.05, 4.69) is 9.97 Å². The van der Waals surface area contributed by atoms with Crippen LogP contribution in [0.3, 0.4) is 0 Å². The zero-order valence-corrected chi connectivity index (χ0v) is 18.6. The number of carboxylic acid groups (broad SMARTS) is 1. The molecule has 0 unspecified atom stereocenters. The number of aromatic nitrogens is 2. The van der Waals surface area contributed by atoms with Gasteiger partial charge in [-0.3, -0.25) is 0 Å². The number of aryl methyl sites for hydroxylation is 2. The Bertz CT molecular complexity index is 1040. The molecule has 0 spiro atoms. The van der Waals surface area contributed by atoms with Gasteiger partial charge in [0.25, 0.3) is 0 Å². The van der Waals surface area contributed by atoms with Crippen molar-refractivity contribution < 1.29 is 23.8 Å². The van der Waals surface area contributed by atoms with E-state index in [0.717, 1.165) is 0 Å². The molecule has 32 heavy (non-hydrogen) atoms. The summed E-state index contributed by atoms with van der Waals surface area (Å²) in [6.07, 6.45) is -1.55. The average molecular weight is 438 g/mol. The monoisotopic (exact) mass is 438 g/mol. The topological polar surface area (TPSA) is 81.5 Å². The zero-order valence-electron chi connectivity index (χ0n) is 18.6. The SMILES string of the molecule is Cc1cc(C)nc(O[C@H](C(=O)O)[C@](OCC(C)C)(c2ccccc2)c2ccc(F)cc2)n1. The lowest BCUT2D eigenvalue weighted by atomic mass is 9.80. The van der Waals surface area contributed by atoms with Gasteiger partial charge in [-0.1, -0.05) is 56.3 Å². The van der Waals surface area contributed by atoms with Crippen LogP contribution in [0.1, 0.15) is 36.4 Å². The third-order valence-corrected chi connectivity index (χ3v) is 4.90. The number of hydrogen-bond donors (Lipinski definition) is 1. The fourth-order valence-corrected chi connectivity index (χ4v) is 3.55. The van der Waals surface area contributed by atoms with Crippen molar-refractivity contribution in [2.24, 2.45) is 5.92 Å². The molecule has 0 fully saturated rings. The van der Waals surface area contributed by atoms with E-state index in [1.165, 1.54) is 24.3 Å². The second-order valence-corrected chi connectivity index (χ2v) is 8.08. The maximum atomic E-state index is 13.8. The molecular formula is C25H27FN2O4. The number of benzene rings is 2. The highest BCUT2D eigenvalue weighted by Crippen LogP contribution is 2.39. The molecule has 168 valence electrons. The molecule has 0 saturated heterocycles. The molecular weight excluding hydrogens is 411 g/mol. The van der Waals surface area contributed by atoms with Crippen molar-refractivity contribution >= 4 is 5.97 Å². The number of ether oxygens (including phenoxy) is 2. The van der Waals surface area contributed by atoms with Crippen LogP contribution in [0.15, 0.2) is 60.7 Å². The van der Waals surface area contributed by atoms with Crippen LogP contribution in [0.5, 0.6) is 6.01 Å².